The maximum absolute atomic E-state index is 12.3. The molecule has 2 aliphatic rings. The van der Waals surface area contributed by atoms with E-state index >= 15 is 0 Å². The zero-order valence-corrected chi connectivity index (χ0v) is 13.3. The van der Waals surface area contributed by atoms with Gasteiger partial charge in [-0.2, -0.15) is 0 Å². The van der Waals surface area contributed by atoms with Crippen molar-refractivity contribution in [2.75, 3.05) is 53.9 Å². The van der Waals surface area contributed by atoms with E-state index in [1.54, 1.807) is 0 Å². The highest BCUT2D eigenvalue weighted by Crippen LogP contribution is 2.22. The van der Waals surface area contributed by atoms with E-state index in [-0.39, 0.29) is 0 Å². The molecule has 0 unspecified atom stereocenters. The minimum atomic E-state index is 0.302. The molecule has 5 heteroatoms. The Kier molecular flexibility index (Phi) is 5.81. The Morgan fingerprint density at radius 2 is 1.75 bits per heavy atom. The lowest BCUT2D eigenvalue weighted by Crippen LogP contribution is -2.51. The number of carbonyl (C=O) groups is 1. The number of hydrogen-bond acceptors (Lipinski definition) is 4. The summed E-state index contributed by atoms with van der Waals surface area (Å²) in [6.45, 7) is 4.36. The Labute approximate surface area is 123 Å². The molecule has 0 atom stereocenters. The Morgan fingerprint density at radius 1 is 1.15 bits per heavy atom. The Morgan fingerprint density at radius 3 is 2.30 bits per heavy atom. The van der Waals surface area contributed by atoms with Crippen LogP contribution < -0.4 is 5.32 Å². The highest BCUT2D eigenvalue weighted by atomic mass is 16.2. The van der Waals surface area contributed by atoms with E-state index in [0.29, 0.717) is 24.5 Å². The predicted octanol–water partition coefficient (Wildman–Crippen LogP) is 0.223. The van der Waals surface area contributed by atoms with Gasteiger partial charge in [-0.15, -0.1) is 0 Å². The quantitative estimate of drug-likeness (QED) is 0.801. The molecule has 1 aliphatic carbocycles. The van der Waals surface area contributed by atoms with Crippen LogP contribution >= 0.6 is 0 Å². The number of carbonyl (C=O) groups excluding carboxylic acids is 1. The minimum absolute atomic E-state index is 0.302. The smallest absolute Gasteiger partial charge is 0.236 e. The summed E-state index contributed by atoms with van der Waals surface area (Å²) in [6, 6.07) is 1.25. The fraction of sp³-hybridized carbons (Fsp3) is 0.933. The predicted molar refractivity (Wildman–Crippen MR) is 81.8 cm³/mol. The van der Waals surface area contributed by atoms with E-state index in [2.05, 4.69) is 29.2 Å². The van der Waals surface area contributed by atoms with Crippen molar-refractivity contribution in [3.63, 3.8) is 0 Å². The Hall–Kier alpha value is -0.650. The van der Waals surface area contributed by atoms with Crippen LogP contribution in [0.4, 0.5) is 0 Å². The SMILES string of the molecule is CNC1CCC(N(C)CC(=O)N2CCN(C)CC2)CC1. The lowest BCUT2D eigenvalue weighted by Gasteiger charge is -2.37. The van der Waals surface area contributed by atoms with E-state index in [1.165, 1.54) is 25.7 Å². The second-order valence-corrected chi connectivity index (χ2v) is 6.39. The number of nitrogens with zero attached hydrogens (tertiary/aromatic N) is 3. The van der Waals surface area contributed by atoms with E-state index < -0.39 is 0 Å². The number of piperazine rings is 1. The fourth-order valence-electron chi connectivity index (χ4n) is 3.30. The molecule has 1 aliphatic heterocycles. The number of amides is 1. The molecule has 1 heterocycles. The van der Waals surface area contributed by atoms with Crippen molar-refractivity contribution in [3.05, 3.63) is 0 Å². The van der Waals surface area contributed by atoms with Crippen molar-refractivity contribution in [2.45, 2.75) is 37.8 Å². The normalized spacial score (nSPS) is 28.9. The van der Waals surface area contributed by atoms with Gasteiger partial charge in [0, 0.05) is 38.3 Å². The molecular formula is C15H30N4O. The molecule has 0 aromatic heterocycles. The minimum Gasteiger partial charge on any atom is -0.339 e. The van der Waals surface area contributed by atoms with Crippen molar-refractivity contribution in [1.29, 1.82) is 0 Å². The monoisotopic (exact) mass is 282 g/mol. The number of nitrogens with one attached hydrogen (secondary N) is 1. The highest BCUT2D eigenvalue weighted by Gasteiger charge is 2.26. The van der Waals surface area contributed by atoms with Gasteiger partial charge in [-0.25, -0.2) is 0 Å². The number of hydrogen-bond donors (Lipinski definition) is 1. The van der Waals surface area contributed by atoms with E-state index in [4.69, 9.17) is 0 Å². The summed E-state index contributed by atoms with van der Waals surface area (Å²) in [6.07, 6.45) is 4.87. The van der Waals surface area contributed by atoms with Gasteiger partial charge in [0.2, 0.25) is 5.91 Å². The molecule has 1 saturated heterocycles. The summed E-state index contributed by atoms with van der Waals surface area (Å²) < 4.78 is 0. The zero-order chi connectivity index (χ0) is 14.5. The third-order valence-corrected chi connectivity index (χ3v) is 4.97. The zero-order valence-electron chi connectivity index (χ0n) is 13.3. The molecule has 0 radical (unpaired) electrons. The summed E-state index contributed by atoms with van der Waals surface area (Å²) >= 11 is 0. The van der Waals surface area contributed by atoms with Gasteiger partial charge in [0.1, 0.15) is 0 Å². The summed E-state index contributed by atoms with van der Waals surface area (Å²) in [5.74, 6) is 0.302. The topological polar surface area (TPSA) is 38.8 Å². The summed E-state index contributed by atoms with van der Waals surface area (Å²) in [4.78, 5) is 18.9. The summed E-state index contributed by atoms with van der Waals surface area (Å²) in [5.41, 5.74) is 0. The lowest BCUT2D eigenvalue weighted by molar-refractivity contribution is -0.134. The average molecular weight is 282 g/mol. The largest absolute Gasteiger partial charge is 0.339 e. The van der Waals surface area contributed by atoms with Crippen molar-refractivity contribution < 1.29 is 4.79 Å². The van der Waals surface area contributed by atoms with E-state index in [0.717, 1.165) is 26.2 Å². The molecule has 0 aromatic rings. The van der Waals surface area contributed by atoms with Gasteiger partial charge in [0.05, 0.1) is 6.54 Å². The molecule has 0 aromatic carbocycles. The molecule has 116 valence electrons. The Balaban J connectivity index is 1.73. The molecule has 0 bridgehead atoms. The van der Waals surface area contributed by atoms with Gasteiger partial charge < -0.3 is 15.1 Å². The molecule has 1 N–H and O–H groups in total. The van der Waals surface area contributed by atoms with Crippen LogP contribution in [0.5, 0.6) is 0 Å². The standard InChI is InChI=1S/C15H30N4O/c1-16-13-4-6-14(7-5-13)18(3)12-15(20)19-10-8-17(2)9-11-19/h13-14,16H,4-12H2,1-3H3. The third-order valence-electron chi connectivity index (χ3n) is 4.97. The van der Waals surface area contributed by atoms with Crippen LogP contribution in [0, 0.1) is 0 Å². The van der Waals surface area contributed by atoms with Crippen LogP contribution in [0.15, 0.2) is 0 Å². The molecular weight excluding hydrogens is 252 g/mol. The van der Waals surface area contributed by atoms with Gasteiger partial charge >= 0.3 is 0 Å². The third kappa shape index (κ3) is 4.17. The molecule has 5 nitrogen and oxygen atoms in total. The van der Waals surface area contributed by atoms with Gasteiger partial charge in [-0.05, 0) is 46.8 Å². The molecule has 0 spiro atoms. The first kappa shape index (κ1) is 15.7. The first-order valence-electron chi connectivity index (χ1n) is 7.94. The fourth-order valence-corrected chi connectivity index (χ4v) is 3.30. The van der Waals surface area contributed by atoms with Crippen LogP contribution in [-0.2, 0) is 4.79 Å². The van der Waals surface area contributed by atoms with Crippen molar-refractivity contribution >= 4 is 5.91 Å². The average Bonchev–Trinajstić information content (AvgIpc) is 2.48. The second-order valence-electron chi connectivity index (χ2n) is 6.39. The van der Waals surface area contributed by atoms with Crippen LogP contribution in [0.2, 0.25) is 0 Å². The van der Waals surface area contributed by atoms with Crippen LogP contribution in [0.1, 0.15) is 25.7 Å². The number of rotatable bonds is 4. The molecule has 2 fully saturated rings. The van der Waals surface area contributed by atoms with Crippen LogP contribution in [0.3, 0.4) is 0 Å². The first-order valence-corrected chi connectivity index (χ1v) is 7.94. The highest BCUT2D eigenvalue weighted by molar-refractivity contribution is 5.78. The molecule has 1 saturated carbocycles. The second kappa shape index (κ2) is 7.38. The van der Waals surface area contributed by atoms with Gasteiger partial charge in [-0.3, -0.25) is 9.69 Å². The molecule has 2 rings (SSSR count). The van der Waals surface area contributed by atoms with Crippen molar-refractivity contribution in [3.8, 4) is 0 Å². The van der Waals surface area contributed by atoms with Gasteiger partial charge in [0.15, 0.2) is 0 Å². The molecule has 20 heavy (non-hydrogen) atoms. The van der Waals surface area contributed by atoms with Crippen LogP contribution in [0.25, 0.3) is 0 Å². The maximum Gasteiger partial charge on any atom is 0.236 e. The van der Waals surface area contributed by atoms with E-state index in [1.807, 2.05) is 11.9 Å². The van der Waals surface area contributed by atoms with Gasteiger partial charge in [-0.1, -0.05) is 0 Å². The maximum atomic E-state index is 12.3. The summed E-state index contributed by atoms with van der Waals surface area (Å²) in [5, 5.41) is 3.36. The first-order chi connectivity index (χ1) is 9.60. The van der Waals surface area contributed by atoms with Gasteiger partial charge in [0.25, 0.3) is 0 Å². The molecule has 1 amide bonds. The number of likely N-dealkylation sites (N-methyl/N-ethyl adjacent to an activating group) is 2. The summed E-state index contributed by atoms with van der Waals surface area (Å²) in [7, 11) is 6.28. The van der Waals surface area contributed by atoms with Crippen molar-refractivity contribution in [2.24, 2.45) is 0 Å². The van der Waals surface area contributed by atoms with Crippen LogP contribution in [-0.4, -0.2) is 86.6 Å². The Bertz CT molecular complexity index is 307. The van der Waals surface area contributed by atoms with E-state index in [9.17, 15) is 4.79 Å². The van der Waals surface area contributed by atoms with Crippen molar-refractivity contribution in [1.82, 2.24) is 20.0 Å². The lowest BCUT2D eigenvalue weighted by atomic mass is 9.90.